The monoisotopic (exact) mass is 157 g/mol. The van der Waals surface area contributed by atoms with Crippen molar-refractivity contribution < 1.29 is 0 Å². The van der Waals surface area contributed by atoms with Crippen LogP contribution in [-0.4, -0.2) is 39.8 Å². The summed E-state index contributed by atoms with van der Waals surface area (Å²) in [5.41, 5.74) is 0. The lowest BCUT2D eigenvalue weighted by atomic mass is 10.1. The van der Waals surface area contributed by atoms with E-state index in [1.54, 1.807) is 0 Å². The van der Waals surface area contributed by atoms with Gasteiger partial charge in [-0.1, -0.05) is 0 Å². The van der Waals surface area contributed by atoms with E-state index in [1.807, 2.05) is 7.05 Å². The number of hydrogen-bond donors (Lipinski definition) is 3. The third-order valence-corrected chi connectivity index (χ3v) is 2.15. The molecule has 1 heterocycles. The van der Waals surface area contributed by atoms with Crippen LogP contribution in [0.5, 0.6) is 0 Å². The first-order valence-electron chi connectivity index (χ1n) is 4.49. The fourth-order valence-corrected chi connectivity index (χ4v) is 1.41. The molecule has 1 rings (SSSR count). The van der Waals surface area contributed by atoms with Crippen LogP contribution >= 0.6 is 0 Å². The van der Waals surface area contributed by atoms with Gasteiger partial charge in [0.15, 0.2) is 0 Å². The van der Waals surface area contributed by atoms with Crippen molar-refractivity contribution in [1.29, 1.82) is 0 Å². The van der Waals surface area contributed by atoms with E-state index >= 15 is 0 Å². The second-order valence-corrected chi connectivity index (χ2v) is 3.17. The maximum absolute atomic E-state index is 3.43. The van der Waals surface area contributed by atoms with Gasteiger partial charge >= 0.3 is 0 Å². The topological polar surface area (TPSA) is 36.1 Å². The van der Waals surface area contributed by atoms with Gasteiger partial charge in [-0.3, -0.25) is 0 Å². The Morgan fingerprint density at radius 3 is 3.00 bits per heavy atom. The first kappa shape index (κ1) is 8.97. The second-order valence-electron chi connectivity index (χ2n) is 3.17. The molecule has 1 unspecified atom stereocenters. The molecule has 0 radical (unpaired) electrons. The van der Waals surface area contributed by atoms with E-state index in [-0.39, 0.29) is 0 Å². The molecule has 1 aliphatic rings. The summed E-state index contributed by atoms with van der Waals surface area (Å²) in [6, 6.07) is 0. The molecule has 1 saturated heterocycles. The SMILES string of the molecule is CNCCNCC1CCNC1. The molecule has 3 nitrogen and oxygen atoms in total. The lowest BCUT2D eigenvalue weighted by molar-refractivity contribution is 0.510. The molecular weight excluding hydrogens is 138 g/mol. The van der Waals surface area contributed by atoms with Crippen LogP contribution in [0.2, 0.25) is 0 Å². The second kappa shape index (κ2) is 5.52. The summed E-state index contributed by atoms with van der Waals surface area (Å²) in [5.74, 6) is 0.867. The summed E-state index contributed by atoms with van der Waals surface area (Å²) in [4.78, 5) is 0. The van der Waals surface area contributed by atoms with E-state index in [4.69, 9.17) is 0 Å². The van der Waals surface area contributed by atoms with E-state index in [0.717, 1.165) is 19.0 Å². The molecule has 0 bridgehead atoms. The Bertz CT molecular complexity index is 89.3. The quantitative estimate of drug-likeness (QED) is 0.467. The predicted molar refractivity (Wildman–Crippen MR) is 47.8 cm³/mol. The average Bonchev–Trinajstić information content (AvgIpc) is 2.50. The van der Waals surface area contributed by atoms with E-state index in [2.05, 4.69) is 16.0 Å². The first-order valence-corrected chi connectivity index (χ1v) is 4.49. The lowest BCUT2D eigenvalue weighted by Crippen LogP contribution is -2.30. The van der Waals surface area contributed by atoms with Gasteiger partial charge in [0.25, 0.3) is 0 Å². The molecule has 0 amide bonds. The summed E-state index contributed by atoms with van der Waals surface area (Å²) >= 11 is 0. The van der Waals surface area contributed by atoms with Crippen LogP contribution in [0.4, 0.5) is 0 Å². The van der Waals surface area contributed by atoms with Crippen molar-refractivity contribution >= 4 is 0 Å². The zero-order chi connectivity index (χ0) is 7.94. The summed E-state index contributed by atoms with van der Waals surface area (Å²) in [7, 11) is 1.98. The molecule has 1 fully saturated rings. The molecule has 3 heteroatoms. The maximum atomic E-state index is 3.43. The van der Waals surface area contributed by atoms with Crippen molar-refractivity contribution in [3.8, 4) is 0 Å². The van der Waals surface area contributed by atoms with Crippen molar-refractivity contribution in [2.45, 2.75) is 6.42 Å². The number of likely N-dealkylation sites (N-methyl/N-ethyl adjacent to an activating group) is 1. The van der Waals surface area contributed by atoms with E-state index < -0.39 is 0 Å². The molecule has 0 aromatic rings. The molecule has 0 spiro atoms. The summed E-state index contributed by atoms with van der Waals surface area (Å²) < 4.78 is 0. The van der Waals surface area contributed by atoms with Crippen molar-refractivity contribution in [3.05, 3.63) is 0 Å². The molecule has 11 heavy (non-hydrogen) atoms. The third-order valence-electron chi connectivity index (χ3n) is 2.15. The molecule has 0 saturated carbocycles. The molecule has 3 N–H and O–H groups in total. The molecular formula is C8H19N3. The van der Waals surface area contributed by atoms with Gasteiger partial charge in [-0.05, 0) is 39.0 Å². The highest BCUT2D eigenvalue weighted by molar-refractivity contribution is 4.72. The molecule has 0 aliphatic carbocycles. The fourth-order valence-electron chi connectivity index (χ4n) is 1.41. The minimum atomic E-state index is 0.867. The van der Waals surface area contributed by atoms with Crippen LogP contribution in [0.3, 0.4) is 0 Å². The van der Waals surface area contributed by atoms with Crippen LogP contribution < -0.4 is 16.0 Å². The predicted octanol–water partition coefficient (Wildman–Crippen LogP) is -0.595. The number of nitrogens with one attached hydrogen (secondary N) is 3. The van der Waals surface area contributed by atoms with E-state index in [1.165, 1.54) is 26.1 Å². The van der Waals surface area contributed by atoms with Gasteiger partial charge in [-0.25, -0.2) is 0 Å². The molecule has 0 aromatic carbocycles. The largest absolute Gasteiger partial charge is 0.318 e. The highest BCUT2D eigenvalue weighted by atomic mass is 15.0. The van der Waals surface area contributed by atoms with Gasteiger partial charge in [-0.15, -0.1) is 0 Å². The Balaban J connectivity index is 1.86. The van der Waals surface area contributed by atoms with Crippen LogP contribution in [-0.2, 0) is 0 Å². The van der Waals surface area contributed by atoms with Crippen LogP contribution in [0.1, 0.15) is 6.42 Å². The Labute approximate surface area is 68.9 Å². The van der Waals surface area contributed by atoms with Gasteiger partial charge in [-0.2, -0.15) is 0 Å². The summed E-state index contributed by atoms with van der Waals surface area (Å²) in [6.45, 7) is 5.74. The number of rotatable bonds is 5. The van der Waals surface area contributed by atoms with Gasteiger partial charge in [0.2, 0.25) is 0 Å². The highest BCUT2D eigenvalue weighted by Crippen LogP contribution is 2.04. The van der Waals surface area contributed by atoms with Crippen molar-refractivity contribution in [3.63, 3.8) is 0 Å². The lowest BCUT2D eigenvalue weighted by Gasteiger charge is -2.08. The standard InChI is InChI=1S/C8H19N3/c1-9-4-5-11-7-8-2-3-10-6-8/h8-11H,2-7H2,1H3. The zero-order valence-electron chi connectivity index (χ0n) is 7.32. The Morgan fingerprint density at radius 1 is 1.45 bits per heavy atom. The molecule has 0 aromatic heterocycles. The van der Waals surface area contributed by atoms with Gasteiger partial charge in [0, 0.05) is 13.1 Å². The third kappa shape index (κ3) is 3.70. The fraction of sp³-hybridized carbons (Fsp3) is 1.00. The van der Waals surface area contributed by atoms with Gasteiger partial charge in [0.1, 0.15) is 0 Å². The van der Waals surface area contributed by atoms with Crippen molar-refractivity contribution in [1.82, 2.24) is 16.0 Å². The Kier molecular flexibility index (Phi) is 4.50. The van der Waals surface area contributed by atoms with Crippen LogP contribution in [0.15, 0.2) is 0 Å². The Morgan fingerprint density at radius 2 is 2.36 bits per heavy atom. The minimum Gasteiger partial charge on any atom is -0.318 e. The van der Waals surface area contributed by atoms with E-state index in [9.17, 15) is 0 Å². The average molecular weight is 157 g/mol. The molecule has 1 aliphatic heterocycles. The highest BCUT2D eigenvalue weighted by Gasteiger charge is 2.12. The smallest absolute Gasteiger partial charge is 0.00767 e. The van der Waals surface area contributed by atoms with Gasteiger partial charge in [0.05, 0.1) is 0 Å². The number of hydrogen-bond acceptors (Lipinski definition) is 3. The summed E-state index contributed by atoms with van der Waals surface area (Å²) in [5, 5.41) is 9.90. The molecule has 66 valence electrons. The van der Waals surface area contributed by atoms with Crippen molar-refractivity contribution in [2.24, 2.45) is 5.92 Å². The van der Waals surface area contributed by atoms with Crippen molar-refractivity contribution in [2.75, 3.05) is 39.8 Å². The maximum Gasteiger partial charge on any atom is 0.00767 e. The zero-order valence-corrected chi connectivity index (χ0v) is 7.32. The van der Waals surface area contributed by atoms with E-state index in [0.29, 0.717) is 0 Å². The van der Waals surface area contributed by atoms with Crippen LogP contribution in [0, 0.1) is 5.92 Å². The minimum absolute atomic E-state index is 0.867. The van der Waals surface area contributed by atoms with Crippen LogP contribution in [0.25, 0.3) is 0 Å². The summed E-state index contributed by atoms with van der Waals surface area (Å²) in [6.07, 6.45) is 1.34. The normalized spacial score (nSPS) is 24.3. The van der Waals surface area contributed by atoms with Gasteiger partial charge < -0.3 is 16.0 Å². The molecule has 1 atom stereocenters. The Hall–Kier alpha value is -0.120. The first-order chi connectivity index (χ1) is 5.43.